The lowest BCUT2D eigenvalue weighted by Crippen LogP contribution is -2.49. The number of piperidine rings is 1. The summed E-state index contributed by atoms with van der Waals surface area (Å²) in [6.07, 6.45) is 0.185. The van der Waals surface area contributed by atoms with Gasteiger partial charge in [-0.25, -0.2) is 23.2 Å². The average molecular weight is 505 g/mol. The van der Waals surface area contributed by atoms with E-state index in [9.17, 15) is 13.6 Å². The van der Waals surface area contributed by atoms with Crippen molar-refractivity contribution in [3.05, 3.63) is 30.2 Å². The Morgan fingerprint density at radius 2 is 2.19 bits per heavy atom. The highest BCUT2D eigenvalue weighted by molar-refractivity contribution is 5.88. The van der Waals surface area contributed by atoms with Gasteiger partial charge in [-0.1, -0.05) is 6.07 Å². The fraction of sp³-hybridized carbons (Fsp3) is 0.435. The van der Waals surface area contributed by atoms with Gasteiger partial charge < -0.3 is 20.3 Å². The first-order valence-corrected chi connectivity index (χ1v) is 11.4. The van der Waals surface area contributed by atoms with Crippen molar-refractivity contribution in [2.24, 2.45) is 5.11 Å². The fourth-order valence-corrected chi connectivity index (χ4v) is 4.23. The van der Waals surface area contributed by atoms with E-state index in [-0.39, 0.29) is 41.0 Å². The van der Waals surface area contributed by atoms with Gasteiger partial charge in [0.15, 0.2) is 5.82 Å². The molecule has 0 spiro atoms. The molecule has 1 aliphatic rings. The van der Waals surface area contributed by atoms with Gasteiger partial charge in [-0.3, -0.25) is 4.79 Å². The Morgan fingerprint density at radius 1 is 1.42 bits per heavy atom. The molecule has 192 valence electrons. The monoisotopic (exact) mass is 504 g/mol. The van der Waals surface area contributed by atoms with Gasteiger partial charge in [0.25, 0.3) is 0 Å². The molecule has 1 aliphatic heterocycles. The summed E-state index contributed by atoms with van der Waals surface area (Å²) in [4.78, 5) is 17.3. The van der Waals surface area contributed by atoms with Gasteiger partial charge in [0.05, 0.1) is 43.2 Å². The van der Waals surface area contributed by atoms with Gasteiger partial charge >= 0.3 is 0 Å². The number of likely N-dealkylation sites (tertiary alicyclic amines) is 1. The minimum atomic E-state index is -1.33. The Bertz CT molecular complexity index is 1280. The molecule has 13 heteroatoms. The van der Waals surface area contributed by atoms with Crippen molar-refractivity contribution < 1.29 is 22.7 Å². The van der Waals surface area contributed by atoms with Crippen molar-refractivity contribution >= 4 is 28.7 Å². The van der Waals surface area contributed by atoms with Crippen LogP contribution in [0.2, 0.25) is 0 Å². The van der Waals surface area contributed by atoms with E-state index in [0.717, 1.165) is 6.20 Å². The quantitative estimate of drug-likeness (QED) is 0.393. The number of methoxy groups -OCH3 is 1. The minimum Gasteiger partial charge on any atom is -0.479 e. The van der Waals surface area contributed by atoms with Crippen LogP contribution < -0.4 is 15.4 Å². The van der Waals surface area contributed by atoms with Gasteiger partial charge in [0.2, 0.25) is 17.7 Å². The second-order valence-corrected chi connectivity index (χ2v) is 8.65. The number of hydrogen-bond donors (Lipinski definition) is 3. The van der Waals surface area contributed by atoms with Crippen molar-refractivity contribution in [1.29, 1.82) is 5.53 Å². The van der Waals surface area contributed by atoms with E-state index in [2.05, 4.69) is 25.8 Å². The number of nitrogens with zero attached hydrogens (tertiary/aromatic N) is 5. The molecule has 1 amide bonds. The van der Waals surface area contributed by atoms with E-state index < -0.39 is 30.7 Å². The summed E-state index contributed by atoms with van der Waals surface area (Å²) < 4.78 is 49.6. The van der Waals surface area contributed by atoms with Crippen LogP contribution in [0.15, 0.2) is 29.5 Å². The molecule has 1 saturated heterocycles. The number of nitrogens with one attached hydrogen (secondary N) is 3. The van der Waals surface area contributed by atoms with Crippen molar-refractivity contribution in [1.82, 2.24) is 19.5 Å². The number of halogens is 3. The third kappa shape index (κ3) is 4.90. The molecule has 3 heterocycles. The van der Waals surface area contributed by atoms with Gasteiger partial charge in [-0.05, 0) is 31.0 Å². The van der Waals surface area contributed by atoms with Crippen LogP contribution in [0, 0.1) is 11.3 Å². The summed E-state index contributed by atoms with van der Waals surface area (Å²) in [5.74, 6) is -0.693. The number of benzene rings is 1. The van der Waals surface area contributed by atoms with Crippen molar-refractivity contribution in [3.8, 4) is 17.0 Å². The number of anilines is 2. The van der Waals surface area contributed by atoms with Crippen LogP contribution in [0.4, 0.5) is 30.5 Å². The number of rotatable bonds is 8. The van der Waals surface area contributed by atoms with Crippen LogP contribution in [0.1, 0.15) is 20.3 Å². The highest BCUT2D eigenvalue weighted by Crippen LogP contribution is 2.38. The van der Waals surface area contributed by atoms with Crippen LogP contribution in [-0.2, 0) is 4.79 Å². The number of carbonyl (C=O) groups excluding carboxylic acids is 1. The van der Waals surface area contributed by atoms with Gasteiger partial charge in [0, 0.05) is 13.5 Å². The van der Waals surface area contributed by atoms with E-state index in [4.69, 9.17) is 10.3 Å². The average Bonchev–Trinajstić information content (AvgIpc) is 3.20. The molecule has 1 fully saturated rings. The Hall–Kier alpha value is -3.90. The molecule has 2 aromatic heterocycles. The number of fused-ring (bicyclic) bond motifs is 1. The Morgan fingerprint density at radius 3 is 2.83 bits per heavy atom. The molecular formula is C23H27F3N8O2. The van der Waals surface area contributed by atoms with Crippen LogP contribution in [0.3, 0.4) is 0 Å². The predicted molar refractivity (Wildman–Crippen MR) is 128 cm³/mol. The zero-order valence-corrected chi connectivity index (χ0v) is 20.1. The molecule has 0 bridgehead atoms. The summed E-state index contributed by atoms with van der Waals surface area (Å²) >= 11 is 0. The largest absolute Gasteiger partial charge is 0.479 e. The van der Waals surface area contributed by atoms with Crippen LogP contribution in [-0.4, -0.2) is 70.5 Å². The summed E-state index contributed by atoms with van der Waals surface area (Å²) in [6.45, 7) is 2.75. The molecular weight excluding hydrogens is 477 g/mol. The maximum Gasteiger partial charge on any atom is 0.244 e. The molecule has 3 atom stereocenters. The topological polar surface area (TPSA) is 120 Å². The van der Waals surface area contributed by atoms with Crippen molar-refractivity contribution in [2.45, 2.75) is 38.5 Å². The molecule has 36 heavy (non-hydrogen) atoms. The van der Waals surface area contributed by atoms with E-state index in [0.29, 0.717) is 24.2 Å². The molecule has 0 saturated carbocycles. The molecule has 3 aromatic rings. The first kappa shape index (κ1) is 25.2. The zero-order chi connectivity index (χ0) is 26.0. The standard InChI is InChI=1S/C23H27F3N8O2/c1-12(9-24)28-19-8-14(4-5-18(19)31-27)20-16(26)11-34-21(20)22(36-3)30-23(32-34)29-17-6-7-33(13(2)35)10-15(17)25/h4-5,8,11-12,15,17,27-28H,6-7,9-10H2,1-3H3,(H,29,32)/t12-,15+,17-/m0/s1. The summed E-state index contributed by atoms with van der Waals surface area (Å²) in [5.41, 5.74) is 8.81. The number of carbonyl (C=O) groups is 1. The maximum atomic E-state index is 15.2. The molecule has 1 aromatic carbocycles. The smallest absolute Gasteiger partial charge is 0.244 e. The number of alkyl halides is 2. The predicted octanol–water partition coefficient (Wildman–Crippen LogP) is 4.35. The highest BCUT2D eigenvalue weighted by Gasteiger charge is 2.31. The Balaban J connectivity index is 1.70. The van der Waals surface area contributed by atoms with Gasteiger partial charge in [0.1, 0.15) is 24.1 Å². The van der Waals surface area contributed by atoms with Crippen LogP contribution in [0.25, 0.3) is 16.6 Å². The summed E-state index contributed by atoms with van der Waals surface area (Å²) in [5, 5.41) is 13.6. The second kappa shape index (κ2) is 10.4. The molecule has 0 aliphatic carbocycles. The van der Waals surface area contributed by atoms with E-state index >= 15 is 4.39 Å². The molecule has 3 N–H and O–H groups in total. The lowest BCUT2D eigenvalue weighted by Gasteiger charge is -2.34. The fourth-order valence-electron chi connectivity index (χ4n) is 4.23. The number of aromatic nitrogens is 3. The number of hydrogen-bond acceptors (Lipinski definition) is 8. The minimum absolute atomic E-state index is 0.0351. The highest BCUT2D eigenvalue weighted by atomic mass is 19.1. The summed E-state index contributed by atoms with van der Waals surface area (Å²) in [6, 6.07) is 3.51. The Kier molecular flexibility index (Phi) is 7.27. The molecule has 0 unspecified atom stereocenters. The zero-order valence-electron chi connectivity index (χ0n) is 20.1. The number of ether oxygens (including phenoxy) is 1. The number of amides is 1. The van der Waals surface area contributed by atoms with Gasteiger partial charge in [-0.15, -0.1) is 5.10 Å². The SMILES string of the molecule is COc1nc(N[C@H]2CCN(C(C)=O)C[C@H]2F)nn2cc(F)c(-c3ccc(N=N)c(N[C@@H](C)CF)c3)c12. The molecule has 4 rings (SSSR count). The van der Waals surface area contributed by atoms with E-state index in [1.165, 1.54) is 29.5 Å². The Labute approximate surface area is 205 Å². The summed E-state index contributed by atoms with van der Waals surface area (Å²) in [7, 11) is 1.38. The van der Waals surface area contributed by atoms with Crippen molar-refractivity contribution in [2.75, 3.05) is 37.5 Å². The molecule has 0 radical (unpaired) electrons. The van der Waals surface area contributed by atoms with Crippen LogP contribution >= 0.6 is 0 Å². The maximum absolute atomic E-state index is 15.2. The second-order valence-electron chi connectivity index (χ2n) is 8.65. The third-order valence-corrected chi connectivity index (χ3v) is 6.09. The lowest BCUT2D eigenvalue weighted by atomic mass is 10.0. The first-order valence-electron chi connectivity index (χ1n) is 11.4. The van der Waals surface area contributed by atoms with E-state index in [1.54, 1.807) is 19.1 Å². The molecule has 10 nitrogen and oxygen atoms in total. The normalized spacial score (nSPS) is 18.7. The van der Waals surface area contributed by atoms with Gasteiger partial charge in [-0.2, -0.15) is 10.1 Å². The first-order chi connectivity index (χ1) is 17.2. The van der Waals surface area contributed by atoms with E-state index in [1.807, 2.05) is 0 Å². The van der Waals surface area contributed by atoms with Crippen LogP contribution in [0.5, 0.6) is 5.88 Å². The van der Waals surface area contributed by atoms with Crippen molar-refractivity contribution in [3.63, 3.8) is 0 Å². The third-order valence-electron chi connectivity index (χ3n) is 6.09. The lowest BCUT2D eigenvalue weighted by molar-refractivity contribution is -0.131.